The number of aromatic nitrogens is 2. The number of hydrogen-bond donors (Lipinski definition) is 3. The Hall–Kier alpha value is -1.36. The van der Waals surface area contributed by atoms with E-state index in [4.69, 9.17) is 5.11 Å². The van der Waals surface area contributed by atoms with Crippen molar-refractivity contribution >= 4 is 5.97 Å². The predicted octanol–water partition coefficient (Wildman–Crippen LogP) is -0.145. The normalized spacial score (nSPS) is 26.8. The van der Waals surface area contributed by atoms with Crippen LogP contribution in [0.25, 0.3) is 0 Å². The van der Waals surface area contributed by atoms with E-state index < -0.39 is 11.5 Å². The summed E-state index contributed by atoms with van der Waals surface area (Å²) in [6, 6.07) is 0. The fraction of sp³-hybridized carbons (Fsp3) is 0.500. The average Bonchev–Trinajstić information content (AvgIpc) is 2.53. The Kier molecular flexibility index (Phi) is 1.63. The van der Waals surface area contributed by atoms with Gasteiger partial charge in [0.2, 0.25) is 0 Å². The first-order chi connectivity index (χ1) is 6.14. The van der Waals surface area contributed by atoms with E-state index in [0.29, 0.717) is 12.2 Å². The van der Waals surface area contributed by atoms with Crippen molar-refractivity contribution < 1.29 is 9.90 Å². The molecule has 0 fully saturated rings. The van der Waals surface area contributed by atoms with Crippen LogP contribution in [0.2, 0.25) is 0 Å². The molecule has 2 heterocycles. The summed E-state index contributed by atoms with van der Waals surface area (Å²) in [7, 11) is 0. The number of aromatic amines is 1. The Morgan fingerprint density at radius 2 is 2.54 bits per heavy atom. The van der Waals surface area contributed by atoms with E-state index in [1.54, 1.807) is 13.3 Å². The van der Waals surface area contributed by atoms with Crippen LogP contribution in [0.1, 0.15) is 18.3 Å². The molecule has 5 nitrogen and oxygen atoms in total. The van der Waals surface area contributed by atoms with E-state index in [2.05, 4.69) is 15.3 Å². The summed E-state index contributed by atoms with van der Waals surface area (Å²) in [5.41, 5.74) is 0.489. The minimum absolute atomic E-state index is 0.603. The highest BCUT2D eigenvalue weighted by molar-refractivity contribution is 5.80. The Labute approximate surface area is 75.2 Å². The van der Waals surface area contributed by atoms with Gasteiger partial charge in [0.15, 0.2) is 5.54 Å². The van der Waals surface area contributed by atoms with Gasteiger partial charge in [-0.2, -0.15) is 0 Å². The molecule has 0 aromatic carbocycles. The van der Waals surface area contributed by atoms with Gasteiger partial charge in [0.25, 0.3) is 0 Å². The van der Waals surface area contributed by atoms with Crippen LogP contribution in [0.5, 0.6) is 0 Å². The van der Waals surface area contributed by atoms with Gasteiger partial charge in [-0.1, -0.05) is 0 Å². The summed E-state index contributed by atoms with van der Waals surface area (Å²) in [6.07, 6.45) is 2.34. The molecule has 1 atom stereocenters. The van der Waals surface area contributed by atoms with E-state index in [1.165, 1.54) is 0 Å². The zero-order chi connectivity index (χ0) is 9.47. The molecule has 13 heavy (non-hydrogen) atoms. The van der Waals surface area contributed by atoms with Crippen LogP contribution in [0, 0.1) is 0 Å². The van der Waals surface area contributed by atoms with Crippen LogP contribution in [-0.2, 0) is 16.8 Å². The minimum Gasteiger partial charge on any atom is -0.480 e. The number of hydrogen-bond acceptors (Lipinski definition) is 3. The molecule has 0 saturated carbocycles. The van der Waals surface area contributed by atoms with Gasteiger partial charge in [0, 0.05) is 18.7 Å². The fourth-order valence-electron chi connectivity index (χ4n) is 1.64. The number of carboxylic acid groups (broad SMARTS) is 1. The molecule has 0 amide bonds. The van der Waals surface area contributed by atoms with Crippen LogP contribution >= 0.6 is 0 Å². The topological polar surface area (TPSA) is 78.0 Å². The molecule has 0 spiro atoms. The first-order valence-corrected chi connectivity index (χ1v) is 4.16. The maximum Gasteiger partial charge on any atom is 0.329 e. The molecule has 0 bridgehead atoms. The molecule has 0 saturated heterocycles. The highest BCUT2D eigenvalue weighted by Crippen LogP contribution is 2.25. The third-order valence-electron chi connectivity index (χ3n) is 2.47. The maximum atomic E-state index is 11.0. The largest absolute Gasteiger partial charge is 0.480 e. The second-order valence-electron chi connectivity index (χ2n) is 3.34. The van der Waals surface area contributed by atoms with Crippen molar-refractivity contribution in [2.75, 3.05) is 6.54 Å². The lowest BCUT2D eigenvalue weighted by molar-refractivity contribution is -0.145. The van der Waals surface area contributed by atoms with E-state index in [9.17, 15) is 4.79 Å². The molecule has 3 N–H and O–H groups in total. The molecule has 0 aliphatic carbocycles. The Morgan fingerprint density at radius 3 is 3.23 bits per heavy atom. The second kappa shape index (κ2) is 2.56. The lowest BCUT2D eigenvalue weighted by Gasteiger charge is -2.29. The number of nitrogens with one attached hydrogen (secondary N) is 2. The summed E-state index contributed by atoms with van der Waals surface area (Å²) in [5, 5.41) is 12.0. The lowest BCUT2D eigenvalue weighted by atomic mass is 9.92. The monoisotopic (exact) mass is 181 g/mol. The van der Waals surface area contributed by atoms with Gasteiger partial charge in [-0.3, -0.25) is 5.32 Å². The van der Waals surface area contributed by atoms with Gasteiger partial charge < -0.3 is 10.1 Å². The van der Waals surface area contributed by atoms with Gasteiger partial charge in [-0.25, -0.2) is 9.78 Å². The van der Waals surface area contributed by atoms with E-state index in [1.807, 2.05) is 0 Å². The van der Waals surface area contributed by atoms with Crippen molar-refractivity contribution in [1.82, 2.24) is 15.3 Å². The van der Waals surface area contributed by atoms with Crippen molar-refractivity contribution in [3.8, 4) is 0 Å². The predicted molar refractivity (Wildman–Crippen MR) is 45.3 cm³/mol. The molecular weight excluding hydrogens is 170 g/mol. The molecule has 70 valence electrons. The number of fused-ring (bicyclic) bond motifs is 1. The highest BCUT2D eigenvalue weighted by atomic mass is 16.4. The third-order valence-corrected chi connectivity index (χ3v) is 2.47. The van der Waals surface area contributed by atoms with Gasteiger partial charge >= 0.3 is 5.97 Å². The minimum atomic E-state index is -1.03. The molecular formula is C8H11N3O2. The summed E-state index contributed by atoms with van der Waals surface area (Å²) in [4.78, 5) is 18.0. The van der Waals surface area contributed by atoms with Crippen LogP contribution in [0.4, 0.5) is 0 Å². The zero-order valence-corrected chi connectivity index (χ0v) is 7.29. The standard InChI is InChI=1S/C8H11N3O2/c1-8(7(12)13)6-5(2-3-11-8)9-4-10-6/h4,11H,2-3H2,1H3,(H,9,10)(H,12,13). The molecule has 2 rings (SSSR count). The number of H-pyrrole nitrogens is 1. The van der Waals surface area contributed by atoms with Crippen LogP contribution in [0.15, 0.2) is 6.33 Å². The van der Waals surface area contributed by atoms with Crippen molar-refractivity contribution in [2.45, 2.75) is 18.9 Å². The van der Waals surface area contributed by atoms with Crippen molar-refractivity contribution in [2.24, 2.45) is 0 Å². The average molecular weight is 181 g/mol. The van der Waals surface area contributed by atoms with E-state index in [-0.39, 0.29) is 0 Å². The molecule has 0 radical (unpaired) electrons. The quantitative estimate of drug-likeness (QED) is 0.563. The van der Waals surface area contributed by atoms with Gasteiger partial charge in [0.05, 0.1) is 12.0 Å². The molecule has 5 heteroatoms. The number of rotatable bonds is 1. The number of nitrogens with zero attached hydrogens (tertiary/aromatic N) is 1. The van der Waals surface area contributed by atoms with Gasteiger partial charge in [-0.15, -0.1) is 0 Å². The van der Waals surface area contributed by atoms with Gasteiger partial charge in [-0.05, 0) is 6.92 Å². The van der Waals surface area contributed by atoms with E-state index in [0.717, 1.165) is 12.1 Å². The van der Waals surface area contributed by atoms with Gasteiger partial charge in [0.1, 0.15) is 0 Å². The fourth-order valence-corrected chi connectivity index (χ4v) is 1.64. The summed E-state index contributed by atoms with van der Waals surface area (Å²) < 4.78 is 0. The van der Waals surface area contributed by atoms with E-state index >= 15 is 0 Å². The Balaban J connectivity index is 2.51. The third kappa shape index (κ3) is 1.04. The molecule has 1 aliphatic heterocycles. The zero-order valence-electron chi connectivity index (χ0n) is 7.29. The molecule has 1 aromatic heterocycles. The number of carbonyl (C=O) groups is 1. The highest BCUT2D eigenvalue weighted by Gasteiger charge is 2.40. The lowest BCUT2D eigenvalue weighted by Crippen LogP contribution is -2.51. The van der Waals surface area contributed by atoms with Crippen molar-refractivity contribution in [1.29, 1.82) is 0 Å². The number of aliphatic carboxylic acids is 1. The van der Waals surface area contributed by atoms with Crippen LogP contribution in [0.3, 0.4) is 0 Å². The summed E-state index contributed by atoms with van der Waals surface area (Å²) in [5.74, 6) is -0.888. The van der Waals surface area contributed by atoms with Crippen molar-refractivity contribution in [3.63, 3.8) is 0 Å². The molecule has 1 aromatic rings. The smallest absolute Gasteiger partial charge is 0.329 e. The maximum absolute atomic E-state index is 11.0. The Morgan fingerprint density at radius 1 is 1.77 bits per heavy atom. The van der Waals surface area contributed by atoms with Crippen LogP contribution in [-0.4, -0.2) is 27.6 Å². The second-order valence-corrected chi connectivity index (χ2v) is 3.34. The SMILES string of the molecule is CC1(C(=O)O)NCCc2[nH]cnc21. The Bertz CT molecular complexity index is 347. The molecule has 1 unspecified atom stereocenters. The number of imidazole rings is 1. The first-order valence-electron chi connectivity index (χ1n) is 4.16. The number of carboxylic acids is 1. The summed E-state index contributed by atoms with van der Waals surface area (Å²) >= 11 is 0. The van der Waals surface area contributed by atoms with Crippen molar-refractivity contribution in [3.05, 3.63) is 17.7 Å². The first kappa shape index (κ1) is 8.25. The molecule has 1 aliphatic rings. The van der Waals surface area contributed by atoms with Crippen LogP contribution < -0.4 is 5.32 Å². The summed E-state index contributed by atoms with van der Waals surface area (Å²) in [6.45, 7) is 2.30.